The van der Waals surface area contributed by atoms with Crippen LogP contribution in [-0.2, 0) is 28.2 Å². The molecule has 0 N–H and O–H groups in total. The molecule has 2 nitrogen and oxygen atoms in total. The zero-order chi connectivity index (χ0) is 17.3. The average molecular weight is 346 g/mol. The van der Waals surface area contributed by atoms with E-state index in [1.165, 1.54) is 12.1 Å². The molecule has 0 aliphatic heterocycles. The van der Waals surface area contributed by atoms with E-state index >= 15 is 0 Å². The highest BCUT2D eigenvalue weighted by Crippen LogP contribution is 2.30. The van der Waals surface area contributed by atoms with Gasteiger partial charge >= 0.3 is 6.18 Å². The molecule has 0 bridgehead atoms. The van der Waals surface area contributed by atoms with Crippen LogP contribution in [0.4, 0.5) is 17.6 Å². The van der Waals surface area contributed by atoms with Gasteiger partial charge in [-0.3, -0.25) is 0 Å². The van der Waals surface area contributed by atoms with Gasteiger partial charge in [0.1, 0.15) is 5.82 Å². The molecule has 0 atom stereocenters. The fourth-order valence-electron chi connectivity index (χ4n) is 2.21. The van der Waals surface area contributed by atoms with E-state index in [0.29, 0.717) is 17.5 Å². The molecule has 2 aromatic carbocycles. The van der Waals surface area contributed by atoms with Crippen LogP contribution in [-0.4, -0.2) is 8.42 Å². The van der Waals surface area contributed by atoms with E-state index in [0.717, 1.165) is 30.3 Å². The van der Waals surface area contributed by atoms with Crippen molar-refractivity contribution in [3.8, 4) is 0 Å². The van der Waals surface area contributed by atoms with Crippen LogP contribution >= 0.6 is 0 Å². The second-order valence-corrected chi connectivity index (χ2v) is 7.04. The molecule has 0 fully saturated rings. The van der Waals surface area contributed by atoms with Crippen molar-refractivity contribution in [3.63, 3.8) is 0 Å². The lowest BCUT2D eigenvalue weighted by atomic mass is 10.1. The summed E-state index contributed by atoms with van der Waals surface area (Å²) in [7, 11) is -3.86. The topological polar surface area (TPSA) is 34.1 Å². The fourth-order valence-corrected chi connectivity index (χ4v) is 3.61. The summed E-state index contributed by atoms with van der Waals surface area (Å²) >= 11 is 0. The van der Waals surface area contributed by atoms with Crippen molar-refractivity contribution in [2.45, 2.75) is 30.2 Å². The SMILES string of the molecule is CCc1ccc(F)cc1CS(=O)(=O)c1ccc(C(F)(F)F)cc1. The first-order chi connectivity index (χ1) is 10.6. The van der Waals surface area contributed by atoms with Crippen molar-refractivity contribution in [1.82, 2.24) is 0 Å². The van der Waals surface area contributed by atoms with E-state index in [4.69, 9.17) is 0 Å². The summed E-state index contributed by atoms with van der Waals surface area (Å²) in [6.45, 7) is 1.81. The maximum Gasteiger partial charge on any atom is 0.416 e. The summed E-state index contributed by atoms with van der Waals surface area (Å²) < 4.78 is 75.5. The lowest BCUT2D eigenvalue weighted by Crippen LogP contribution is -2.09. The molecule has 0 aliphatic carbocycles. The third-order valence-corrected chi connectivity index (χ3v) is 5.12. The first-order valence-corrected chi connectivity index (χ1v) is 8.46. The van der Waals surface area contributed by atoms with Crippen LogP contribution in [0.2, 0.25) is 0 Å². The molecule has 7 heteroatoms. The highest BCUT2D eigenvalue weighted by molar-refractivity contribution is 7.90. The predicted molar refractivity (Wildman–Crippen MR) is 78.1 cm³/mol. The number of rotatable bonds is 4. The second kappa shape index (κ2) is 6.31. The molecular weight excluding hydrogens is 332 g/mol. The molecule has 2 rings (SSSR count). The molecule has 0 aliphatic rings. The van der Waals surface area contributed by atoms with Crippen molar-refractivity contribution in [2.24, 2.45) is 0 Å². The van der Waals surface area contributed by atoms with Crippen LogP contribution in [0.15, 0.2) is 47.4 Å². The Bertz CT molecular complexity index is 794. The third-order valence-electron chi connectivity index (χ3n) is 3.44. The van der Waals surface area contributed by atoms with Crippen LogP contribution in [0.3, 0.4) is 0 Å². The van der Waals surface area contributed by atoms with Crippen molar-refractivity contribution in [2.75, 3.05) is 0 Å². The molecule has 0 unspecified atom stereocenters. The van der Waals surface area contributed by atoms with Crippen LogP contribution in [0.1, 0.15) is 23.6 Å². The Labute approximate surface area is 131 Å². The summed E-state index contributed by atoms with van der Waals surface area (Å²) in [4.78, 5) is -0.225. The second-order valence-electron chi connectivity index (χ2n) is 5.05. The lowest BCUT2D eigenvalue weighted by molar-refractivity contribution is -0.137. The van der Waals surface area contributed by atoms with Crippen LogP contribution in [0.5, 0.6) is 0 Å². The van der Waals surface area contributed by atoms with Crippen molar-refractivity contribution in [1.29, 1.82) is 0 Å². The van der Waals surface area contributed by atoms with E-state index in [9.17, 15) is 26.0 Å². The smallest absolute Gasteiger partial charge is 0.223 e. The minimum Gasteiger partial charge on any atom is -0.223 e. The van der Waals surface area contributed by atoms with E-state index in [2.05, 4.69) is 0 Å². The summed E-state index contributed by atoms with van der Waals surface area (Å²) in [5.41, 5.74) is 0.0748. The zero-order valence-electron chi connectivity index (χ0n) is 12.2. The van der Waals surface area contributed by atoms with Gasteiger partial charge in [0.25, 0.3) is 0 Å². The molecule has 23 heavy (non-hydrogen) atoms. The number of halogens is 4. The number of hydrogen-bond donors (Lipinski definition) is 0. The third kappa shape index (κ3) is 4.10. The normalized spacial score (nSPS) is 12.4. The maximum absolute atomic E-state index is 13.3. The molecule has 0 spiro atoms. The van der Waals surface area contributed by atoms with Crippen LogP contribution in [0, 0.1) is 5.82 Å². The van der Waals surface area contributed by atoms with Gasteiger partial charge in [-0.25, -0.2) is 12.8 Å². The number of alkyl halides is 3. The summed E-state index contributed by atoms with van der Waals surface area (Å²) in [5.74, 6) is -1.01. The fraction of sp³-hybridized carbons (Fsp3) is 0.250. The first kappa shape index (κ1) is 17.5. The summed E-state index contributed by atoms with van der Waals surface area (Å²) in [6.07, 6.45) is -4.00. The van der Waals surface area contributed by atoms with Gasteiger partial charge in [0.2, 0.25) is 0 Å². The van der Waals surface area contributed by atoms with E-state index in [-0.39, 0.29) is 4.90 Å². The minimum atomic E-state index is -4.53. The average Bonchev–Trinajstić information content (AvgIpc) is 2.46. The van der Waals surface area contributed by atoms with Crippen molar-refractivity contribution < 1.29 is 26.0 Å². The van der Waals surface area contributed by atoms with Crippen molar-refractivity contribution in [3.05, 3.63) is 65.0 Å². The van der Waals surface area contributed by atoms with E-state index in [1.54, 1.807) is 0 Å². The Morgan fingerprint density at radius 1 is 0.957 bits per heavy atom. The van der Waals surface area contributed by atoms with Gasteiger partial charge in [0.05, 0.1) is 16.2 Å². The first-order valence-electron chi connectivity index (χ1n) is 6.81. The Balaban J connectivity index is 2.34. The largest absolute Gasteiger partial charge is 0.416 e. The van der Waals surface area contributed by atoms with Gasteiger partial charge < -0.3 is 0 Å². The Morgan fingerprint density at radius 2 is 1.57 bits per heavy atom. The molecule has 0 amide bonds. The van der Waals surface area contributed by atoms with Crippen LogP contribution in [0.25, 0.3) is 0 Å². The predicted octanol–water partition coefficient (Wildman–Crippen LogP) is 4.38. The van der Waals surface area contributed by atoms with Gasteiger partial charge in [0, 0.05) is 0 Å². The monoisotopic (exact) mass is 346 g/mol. The van der Waals surface area contributed by atoms with Gasteiger partial charge in [-0.05, 0) is 53.9 Å². The molecule has 2 aromatic rings. The quantitative estimate of drug-likeness (QED) is 0.770. The maximum atomic E-state index is 13.3. The molecule has 0 heterocycles. The standard InChI is InChI=1S/C16H14F4O2S/c1-2-11-3-6-14(17)9-12(11)10-23(21,22)15-7-4-13(5-8-15)16(18,19)20/h3-9H,2,10H2,1H3. The Morgan fingerprint density at radius 3 is 2.09 bits per heavy atom. The zero-order valence-corrected chi connectivity index (χ0v) is 13.0. The molecule has 0 saturated carbocycles. The van der Waals surface area contributed by atoms with Gasteiger partial charge in [0.15, 0.2) is 9.84 Å². The molecule has 0 saturated heterocycles. The molecule has 124 valence electrons. The summed E-state index contributed by atoms with van der Waals surface area (Å²) in [6, 6.07) is 7.17. The van der Waals surface area contributed by atoms with Gasteiger partial charge in [-0.15, -0.1) is 0 Å². The minimum absolute atomic E-state index is 0.225. The van der Waals surface area contributed by atoms with Crippen LogP contribution < -0.4 is 0 Å². The van der Waals surface area contributed by atoms with Gasteiger partial charge in [-0.1, -0.05) is 13.0 Å². The van der Waals surface area contributed by atoms with Crippen molar-refractivity contribution >= 4 is 9.84 Å². The number of aryl methyl sites for hydroxylation is 1. The molecule has 0 aromatic heterocycles. The van der Waals surface area contributed by atoms with Gasteiger partial charge in [-0.2, -0.15) is 13.2 Å². The molecule has 0 radical (unpaired) electrons. The summed E-state index contributed by atoms with van der Waals surface area (Å²) in [5, 5.41) is 0. The lowest BCUT2D eigenvalue weighted by Gasteiger charge is -2.11. The van der Waals surface area contributed by atoms with E-state index in [1.807, 2.05) is 6.92 Å². The highest BCUT2D eigenvalue weighted by Gasteiger charge is 2.30. The number of benzene rings is 2. The van der Waals surface area contributed by atoms with E-state index < -0.39 is 33.1 Å². The number of sulfone groups is 1. The number of hydrogen-bond acceptors (Lipinski definition) is 2. The highest BCUT2D eigenvalue weighted by atomic mass is 32.2. The Kier molecular flexibility index (Phi) is 4.79. The Hall–Kier alpha value is -1.89. The molecular formula is C16H14F4O2S.